The summed E-state index contributed by atoms with van der Waals surface area (Å²) in [6.45, 7) is 6.72. The van der Waals surface area contributed by atoms with E-state index >= 15 is 0 Å². The number of nitrogens with zero attached hydrogens (tertiary/aromatic N) is 1. The molecule has 0 aromatic carbocycles. The Hall–Kier alpha value is 0.180. The van der Waals surface area contributed by atoms with Crippen LogP contribution in [0.2, 0.25) is 0 Å². The van der Waals surface area contributed by atoms with Crippen LogP contribution in [0.25, 0.3) is 0 Å². The van der Waals surface area contributed by atoms with Crippen molar-refractivity contribution in [1.29, 1.82) is 0 Å². The first-order chi connectivity index (χ1) is 8.42. The monoisotopic (exact) mass is 298 g/mol. The molecule has 0 saturated carbocycles. The number of nitrogens with one attached hydrogen (secondary N) is 1. The zero-order chi connectivity index (χ0) is 14.2. The molecular formula is C11H26N2O3S2. The van der Waals surface area contributed by atoms with Gasteiger partial charge in [0.1, 0.15) is 0 Å². The fraction of sp³-hybridized carbons (Fsp3) is 1.00. The molecule has 0 aliphatic rings. The normalized spacial score (nSPS) is 15.9. The summed E-state index contributed by atoms with van der Waals surface area (Å²) in [5, 5.41) is 9.05. The minimum absolute atomic E-state index is 0.0353. The SMILES string of the molecule is CCCN(CCC)S(=O)(=O)NC(C)C(CO)SC. The van der Waals surface area contributed by atoms with Crippen LogP contribution in [0, 0.1) is 0 Å². The fourth-order valence-electron chi connectivity index (χ4n) is 1.67. The van der Waals surface area contributed by atoms with E-state index in [1.807, 2.05) is 20.1 Å². The third-order valence-electron chi connectivity index (χ3n) is 2.66. The predicted octanol–water partition coefficient (Wildman–Crippen LogP) is 1.06. The first-order valence-electron chi connectivity index (χ1n) is 6.33. The van der Waals surface area contributed by atoms with Crippen molar-refractivity contribution in [2.75, 3.05) is 26.0 Å². The summed E-state index contributed by atoms with van der Waals surface area (Å²) >= 11 is 1.46. The summed E-state index contributed by atoms with van der Waals surface area (Å²) in [4.78, 5) is 0. The zero-order valence-electron chi connectivity index (χ0n) is 11.7. The first-order valence-corrected chi connectivity index (χ1v) is 9.06. The van der Waals surface area contributed by atoms with Crippen molar-refractivity contribution in [1.82, 2.24) is 9.03 Å². The van der Waals surface area contributed by atoms with E-state index in [9.17, 15) is 8.42 Å². The van der Waals surface area contributed by atoms with Crippen molar-refractivity contribution in [3.8, 4) is 0 Å². The maximum absolute atomic E-state index is 12.2. The Balaban J connectivity index is 4.69. The van der Waals surface area contributed by atoms with Crippen LogP contribution >= 0.6 is 11.8 Å². The summed E-state index contributed by atoms with van der Waals surface area (Å²) in [6, 6.07) is -0.286. The van der Waals surface area contributed by atoms with E-state index in [1.165, 1.54) is 16.1 Å². The lowest BCUT2D eigenvalue weighted by Gasteiger charge is -2.26. The number of hydrogen-bond donors (Lipinski definition) is 2. The first kappa shape index (κ1) is 18.2. The van der Waals surface area contributed by atoms with Gasteiger partial charge in [-0.3, -0.25) is 0 Å². The number of thioether (sulfide) groups is 1. The van der Waals surface area contributed by atoms with E-state index in [1.54, 1.807) is 6.92 Å². The van der Waals surface area contributed by atoms with Crippen LogP contribution in [0.1, 0.15) is 33.6 Å². The van der Waals surface area contributed by atoms with Crippen LogP contribution in [0.15, 0.2) is 0 Å². The highest BCUT2D eigenvalue weighted by atomic mass is 32.2. The largest absolute Gasteiger partial charge is 0.395 e. The van der Waals surface area contributed by atoms with Gasteiger partial charge in [0.25, 0.3) is 10.2 Å². The topological polar surface area (TPSA) is 69.6 Å². The maximum Gasteiger partial charge on any atom is 0.279 e. The molecule has 0 spiro atoms. The molecule has 2 unspecified atom stereocenters. The van der Waals surface area contributed by atoms with Gasteiger partial charge in [-0.2, -0.15) is 29.2 Å². The second kappa shape index (κ2) is 9.14. The number of hydrogen-bond acceptors (Lipinski definition) is 4. The summed E-state index contributed by atoms with van der Waals surface area (Å²) in [6.07, 6.45) is 3.45. The van der Waals surface area contributed by atoms with Crippen molar-refractivity contribution in [2.45, 2.75) is 44.9 Å². The maximum atomic E-state index is 12.2. The lowest BCUT2D eigenvalue weighted by atomic mass is 10.3. The molecule has 0 aliphatic heterocycles. The van der Waals surface area contributed by atoms with Crippen LogP contribution in [-0.4, -0.2) is 55.1 Å². The fourth-order valence-corrected chi connectivity index (χ4v) is 4.01. The van der Waals surface area contributed by atoms with Crippen LogP contribution in [0.3, 0.4) is 0 Å². The molecule has 110 valence electrons. The molecule has 0 rings (SSSR count). The van der Waals surface area contributed by atoms with E-state index < -0.39 is 10.2 Å². The Bertz CT molecular complexity index is 299. The van der Waals surface area contributed by atoms with Crippen molar-refractivity contribution < 1.29 is 13.5 Å². The van der Waals surface area contributed by atoms with Gasteiger partial charge in [-0.1, -0.05) is 13.8 Å². The Labute approximate surface area is 116 Å². The molecule has 0 saturated heterocycles. The molecule has 0 aromatic heterocycles. The van der Waals surface area contributed by atoms with Crippen molar-refractivity contribution >= 4 is 22.0 Å². The minimum atomic E-state index is -3.45. The van der Waals surface area contributed by atoms with Crippen LogP contribution < -0.4 is 4.72 Å². The van der Waals surface area contributed by atoms with Crippen molar-refractivity contribution in [2.24, 2.45) is 0 Å². The van der Waals surface area contributed by atoms with Gasteiger partial charge in [0.15, 0.2) is 0 Å². The lowest BCUT2D eigenvalue weighted by Crippen LogP contribution is -2.48. The average Bonchev–Trinajstić information content (AvgIpc) is 2.29. The third-order valence-corrected chi connectivity index (χ3v) is 5.54. The van der Waals surface area contributed by atoms with E-state index in [0.717, 1.165) is 12.8 Å². The molecule has 0 heterocycles. The molecule has 0 radical (unpaired) electrons. The summed E-state index contributed by atoms with van der Waals surface area (Å²) in [5.74, 6) is 0. The molecule has 0 amide bonds. The van der Waals surface area contributed by atoms with Gasteiger partial charge in [-0.05, 0) is 26.0 Å². The Morgan fingerprint density at radius 1 is 1.28 bits per heavy atom. The average molecular weight is 298 g/mol. The number of aliphatic hydroxyl groups excluding tert-OH is 1. The second-order valence-electron chi connectivity index (χ2n) is 4.27. The molecule has 2 atom stereocenters. The molecular weight excluding hydrogens is 272 g/mol. The van der Waals surface area contributed by atoms with Gasteiger partial charge in [-0.15, -0.1) is 0 Å². The Morgan fingerprint density at radius 2 is 1.78 bits per heavy atom. The van der Waals surface area contributed by atoms with Gasteiger partial charge in [-0.25, -0.2) is 0 Å². The van der Waals surface area contributed by atoms with Gasteiger partial charge in [0.05, 0.1) is 6.61 Å². The van der Waals surface area contributed by atoms with Crippen molar-refractivity contribution in [3.63, 3.8) is 0 Å². The summed E-state index contributed by atoms with van der Waals surface area (Å²) in [7, 11) is -3.45. The van der Waals surface area contributed by atoms with Crippen LogP contribution in [0.5, 0.6) is 0 Å². The van der Waals surface area contributed by atoms with Gasteiger partial charge < -0.3 is 5.11 Å². The van der Waals surface area contributed by atoms with Gasteiger partial charge in [0, 0.05) is 24.4 Å². The second-order valence-corrected chi connectivity index (χ2v) is 7.05. The van der Waals surface area contributed by atoms with E-state index in [2.05, 4.69) is 4.72 Å². The number of aliphatic hydroxyl groups is 1. The molecule has 7 heteroatoms. The molecule has 0 fully saturated rings. The minimum Gasteiger partial charge on any atom is -0.395 e. The quantitative estimate of drug-likeness (QED) is 0.632. The van der Waals surface area contributed by atoms with Crippen LogP contribution in [0.4, 0.5) is 0 Å². The molecule has 0 bridgehead atoms. The Morgan fingerprint density at radius 3 is 2.11 bits per heavy atom. The van der Waals surface area contributed by atoms with E-state index in [-0.39, 0.29) is 17.9 Å². The third kappa shape index (κ3) is 5.88. The van der Waals surface area contributed by atoms with E-state index in [0.29, 0.717) is 13.1 Å². The smallest absolute Gasteiger partial charge is 0.279 e. The van der Waals surface area contributed by atoms with Gasteiger partial charge in [0.2, 0.25) is 0 Å². The molecule has 2 N–H and O–H groups in total. The summed E-state index contributed by atoms with van der Waals surface area (Å²) < 4.78 is 28.5. The lowest BCUT2D eigenvalue weighted by molar-refractivity contribution is 0.280. The highest BCUT2D eigenvalue weighted by Gasteiger charge is 2.25. The van der Waals surface area contributed by atoms with E-state index in [4.69, 9.17) is 5.11 Å². The van der Waals surface area contributed by atoms with Gasteiger partial charge >= 0.3 is 0 Å². The molecule has 5 nitrogen and oxygen atoms in total. The highest BCUT2D eigenvalue weighted by molar-refractivity contribution is 7.99. The molecule has 0 aliphatic carbocycles. The Kier molecular flexibility index (Phi) is 9.23. The summed E-state index contributed by atoms with van der Waals surface area (Å²) in [5.41, 5.74) is 0. The molecule has 0 aromatic rings. The van der Waals surface area contributed by atoms with Crippen LogP contribution in [-0.2, 0) is 10.2 Å². The van der Waals surface area contributed by atoms with Crippen molar-refractivity contribution in [3.05, 3.63) is 0 Å². The molecule has 18 heavy (non-hydrogen) atoms. The highest BCUT2D eigenvalue weighted by Crippen LogP contribution is 2.12. The zero-order valence-corrected chi connectivity index (χ0v) is 13.4. The standard InChI is InChI=1S/C11H26N2O3S2/c1-5-7-13(8-6-2)18(15,16)12-10(3)11(9-14)17-4/h10-12,14H,5-9H2,1-4H3. The predicted molar refractivity (Wildman–Crippen MR) is 78.1 cm³/mol. The number of rotatable bonds is 10.